The summed E-state index contributed by atoms with van der Waals surface area (Å²) >= 11 is 0. The topological polar surface area (TPSA) is 15.3 Å². The number of benzene rings is 1. The van der Waals surface area contributed by atoms with Crippen LogP contribution in [0.3, 0.4) is 0 Å². The average Bonchev–Trinajstić information content (AvgIpc) is 2.74. The Kier molecular flexibility index (Phi) is 5.26. The molecule has 3 rings (SSSR count). The van der Waals surface area contributed by atoms with Crippen LogP contribution in [0.5, 0.6) is 0 Å². The third kappa shape index (κ3) is 3.71. The van der Waals surface area contributed by atoms with Crippen molar-refractivity contribution in [1.29, 1.82) is 0 Å². The maximum absolute atomic E-state index is 3.75. The molecule has 3 atom stereocenters. The van der Waals surface area contributed by atoms with E-state index < -0.39 is 0 Å². The predicted molar refractivity (Wildman–Crippen MR) is 83.1 cm³/mol. The van der Waals surface area contributed by atoms with Gasteiger partial charge in [0.05, 0.1) is 0 Å². The van der Waals surface area contributed by atoms with Crippen LogP contribution in [0.1, 0.15) is 37.7 Å². The Morgan fingerprint density at radius 3 is 2.68 bits per heavy atom. The van der Waals surface area contributed by atoms with E-state index in [4.69, 9.17) is 0 Å². The van der Waals surface area contributed by atoms with Gasteiger partial charge in [-0.25, -0.2) is 0 Å². The van der Waals surface area contributed by atoms with Crippen molar-refractivity contribution in [2.75, 3.05) is 19.6 Å². The van der Waals surface area contributed by atoms with E-state index >= 15 is 0 Å². The first-order valence-electron chi connectivity index (χ1n) is 7.34. The normalized spacial score (nSPS) is 28.5. The van der Waals surface area contributed by atoms with Crippen molar-refractivity contribution < 1.29 is 0 Å². The summed E-state index contributed by atoms with van der Waals surface area (Å²) in [5.41, 5.74) is 1.47. The maximum Gasteiger partial charge on any atom is 0.0198 e. The predicted octanol–water partition coefficient (Wildman–Crippen LogP) is 3.04. The highest BCUT2D eigenvalue weighted by atomic mass is 35.5. The summed E-state index contributed by atoms with van der Waals surface area (Å²) in [6.45, 7) is 6.07. The molecule has 19 heavy (non-hydrogen) atoms. The van der Waals surface area contributed by atoms with Gasteiger partial charge in [-0.15, -0.1) is 12.4 Å². The molecule has 2 aliphatic heterocycles. The fraction of sp³-hybridized carbons (Fsp3) is 0.625. The van der Waals surface area contributed by atoms with Gasteiger partial charge in [0.2, 0.25) is 0 Å². The molecule has 2 aliphatic rings. The molecular weight excluding hydrogens is 256 g/mol. The van der Waals surface area contributed by atoms with E-state index in [1.807, 2.05) is 0 Å². The number of nitrogens with zero attached hydrogens (tertiary/aromatic N) is 1. The van der Waals surface area contributed by atoms with Gasteiger partial charge in [0.15, 0.2) is 0 Å². The Labute approximate surface area is 123 Å². The molecule has 2 fully saturated rings. The number of hydrogen-bond acceptors (Lipinski definition) is 2. The summed E-state index contributed by atoms with van der Waals surface area (Å²) in [4.78, 5) is 2.66. The van der Waals surface area contributed by atoms with Gasteiger partial charge in [-0.2, -0.15) is 0 Å². The third-order valence-electron chi connectivity index (χ3n) is 4.51. The molecule has 0 aromatic heterocycles. The van der Waals surface area contributed by atoms with Gasteiger partial charge < -0.3 is 10.2 Å². The first-order valence-corrected chi connectivity index (χ1v) is 7.34. The molecule has 106 valence electrons. The van der Waals surface area contributed by atoms with Gasteiger partial charge in [0.25, 0.3) is 0 Å². The van der Waals surface area contributed by atoms with Gasteiger partial charge in [0, 0.05) is 25.2 Å². The van der Waals surface area contributed by atoms with Crippen molar-refractivity contribution in [2.24, 2.45) is 0 Å². The van der Waals surface area contributed by atoms with Crippen molar-refractivity contribution in [3.8, 4) is 0 Å². The molecule has 0 spiro atoms. The minimum Gasteiger partial charge on any atom is -0.310 e. The number of hydrogen-bond donors (Lipinski definition) is 1. The van der Waals surface area contributed by atoms with E-state index in [0.717, 1.165) is 12.1 Å². The minimum absolute atomic E-state index is 0. The SMILES string of the molecule is CC(CN1CCC2CCC(C1)N2)c1ccccc1.Cl. The summed E-state index contributed by atoms with van der Waals surface area (Å²) in [5.74, 6) is 0.642. The van der Waals surface area contributed by atoms with E-state index in [-0.39, 0.29) is 12.4 Å². The molecule has 2 saturated heterocycles. The van der Waals surface area contributed by atoms with Crippen molar-refractivity contribution in [1.82, 2.24) is 10.2 Å². The number of fused-ring (bicyclic) bond motifs is 2. The second-order valence-corrected chi connectivity index (χ2v) is 6.00. The van der Waals surface area contributed by atoms with Gasteiger partial charge in [-0.1, -0.05) is 37.3 Å². The van der Waals surface area contributed by atoms with Crippen LogP contribution in [0.25, 0.3) is 0 Å². The first kappa shape index (κ1) is 14.8. The van der Waals surface area contributed by atoms with Crippen LogP contribution in [0.2, 0.25) is 0 Å². The van der Waals surface area contributed by atoms with Gasteiger partial charge in [-0.05, 0) is 37.3 Å². The Morgan fingerprint density at radius 2 is 1.89 bits per heavy atom. The Hall–Kier alpha value is -0.570. The Bertz CT molecular complexity index is 382. The average molecular weight is 281 g/mol. The van der Waals surface area contributed by atoms with E-state index in [0.29, 0.717) is 5.92 Å². The van der Waals surface area contributed by atoms with Gasteiger partial charge >= 0.3 is 0 Å². The summed E-state index contributed by atoms with van der Waals surface area (Å²) in [6, 6.07) is 12.5. The van der Waals surface area contributed by atoms with Crippen LogP contribution >= 0.6 is 12.4 Å². The molecule has 3 unspecified atom stereocenters. The van der Waals surface area contributed by atoms with Crippen molar-refractivity contribution in [2.45, 2.75) is 44.2 Å². The molecule has 0 saturated carbocycles. The Morgan fingerprint density at radius 1 is 1.16 bits per heavy atom. The summed E-state index contributed by atoms with van der Waals surface area (Å²) < 4.78 is 0. The van der Waals surface area contributed by atoms with Gasteiger partial charge in [-0.3, -0.25) is 0 Å². The molecule has 3 heteroatoms. The lowest BCUT2D eigenvalue weighted by Crippen LogP contribution is -2.37. The smallest absolute Gasteiger partial charge is 0.0198 e. The number of rotatable bonds is 3. The zero-order valence-electron chi connectivity index (χ0n) is 11.7. The second-order valence-electron chi connectivity index (χ2n) is 6.00. The summed E-state index contributed by atoms with van der Waals surface area (Å²) in [5, 5.41) is 3.75. The van der Waals surface area contributed by atoms with Crippen LogP contribution in [0.4, 0.5) is 0 Å². The van der Waals surface area contributed by atoms with Crippen LogP contribution < -0.4 is 5.32 Å². The molecule has 0 radical (unpaired) electrons. The molecule has 0 aliphatic carbocycles. The zero-order valence-corrected chi connectivity index (χ0v) is 12.5. The van der Waals surface area contributed by atoms with Gasteiger partial charge in [0.1, 0.15) is 0 Å². The molecule has 1 N–H and O–H groups in total. The first-order chi connectivity index (χ1) is 8.81. The highest BCUT2D eigenvalue weighted by molar-refractivity contribution is 5.85. The van der Waals surface area contributed by atoms with Crippen LogP contribution in [-0.4, -0.2) is 36.6 Å². The standard InChI is InChI=1S/C16H24N2.ClH/c1-13(14-5-3-2-4-6-14)11-18-10-9-15-7-8-16(12-18)17-15;/h2-6,13,15-17H,7-12H2,1H3;1H. The molecule has 0 amide bonds. The lowest BCUT2D eigenvalue weighted by molar-refractivity contribution is 0.247. The monoisotopic (exact) mass is 280 g/mol. The number of nitrogens with one attached hydrogen (secondary N) is 1. The van der Waals surface area contributed by atoms with E-state index in [1.54, 1.807) is 0 Å². The fourth-order valence-electron chi connectivity index (χ4n) is 3.46. The quantitative estimate of drug-likeness (QED) is 0.916. The fourth-order valence-corrected chi connectivity index (χ4v) is 3.46. The second kappa shape index (κ2) is 6.74. The van der Waals surface area contributed by atoms with E-state index in [9.17, 15) is 0 Å². The summed E-state index contributed by atoms with van der Waals surface area (Å²) in [7, 11) is 0. The van der Waals surface area contributed by atoms with Crippen molar-refractivity contribution in [3.63, 3.8) is 0 Å². The lowest BCUT2D eigenvalue weighted by atomic mass is 10.00. The molecule has 2 bridgehead atoms. The van der Waals surface area contributed by atoms with Crippen molar-refractivity contribution >= 4 is 12.4 Å². The Balaban J connectivity index is 0.00000133. The number of likely N-dealkylation sites (tertiary alicyclic amines) is 1. The molecule has 2 nitrogen and oxygen atoms in total. The van der Waals surface area contributed by atoms with Crippen LogP contribution in [0, 0.1) is 0 Å². The zero-order chi connectivity index (χ0) is 12.4. The van der Waals surface area contributed by atoms with E-state index in [2.05, 4.69) is 47.5 Å². The highest BCUT2D eigenvalue weighted by Crippen LogP contribution is 2.23. The van der Waals surface area contributed by atoms with Crippen LogP contribution in [-0.2, 0) is 0 Å². The number of halogens is 1. The molecule has 2 heterocycles. The third-order valence-corrected chi connectivity index (χ3v) is 4.51. The highest BCUT2D eigenvalue weighted by Gasteiger charge is 2.29. The molecule has 1 aromatic rings. The lowest BCUT2D eigenvalue weighted by Gasteiger charge is -2.27. The largest absolute Gasteiger partial charge is 0.310 e. The molecule has 1 aromatic carbocycles. The summed E-state index contributed by atoms with van der Waals surface area (Å²) in [6.07, 6.45) is 4.10. The maximum atomic E-state index is 3.75. The van der Waals surface area contributed by atoms with Crippen LogP contribution in [0.15, 0.2) is 30.3 Å². The minimum atomic E-state index is 0. The van der Waals surface area contributed by atoms with Crippen molar-refractivity contribution in [3.05, 3.63) is 35.9 Å². The van der Waals surface area contributed by atoms with E-state index in [1.165, 1.54) is 44.5 Å². The molecular formula is C16H25ClN2.